The van der Waals surface area contributed by atoms with Crippen molar-refractivity contribution in [3.05, 3.63) is 53.1 Å². The number of fused-ring (bicyclic) bond motifs is 2. The van der Waals surface area contributed by atoms with Gasteiger partial charge in [0.1, 0.15) is 17.3 Å². The fourth-order valence-corrected chi connectivity index (χ4v) is 3.99. The maximum Gasteiger partial charge on any atom is 0.407 e. The molecule has 2 aromatic carbocycles. The number of hydrogen-bond donors (Lipinski definition) is 1. The molecule has 2 aliphatic heterocycles. The average Bonchev–Trinajstić information content (AvgIpc) is 2.90. The molecule has 162 valence electrons. The second kappa shape index (κ2) is 8.85. The first-order valence-electron chi connectivity index (χ1n) is 10.0. The van der Waals surface area contributed by atoms with E-state index >= 15 is 0 Å². The number of piperazine rings is 1. The summed E-state index contributed by atoms with van der Waals surface area (Å²) in [6.45, 7) is 2.93. The van der Waals surface area contributed by atoms with Crippen LogP contribution in [0.25, 0.3) is 0 Å². The van der Waals surface area contributed by atoms with Crippen LogP contribution in [0.15, 0.2) is 47.5 Å². The zero-order valence-electron chi connectivity index (χ0n) is 17.0. The molecule has 9 heteroatoms. The summed E-state index contributed by atoms with van der Waals surface area (Å²) >= 11 is 6.18. The van der Waals surface area contributed by atoms with E-state index in [2.05, 4.69) is 0 Å². The molecule has 2 aromatic rings. The van der Waals surface area contributed by atoms with Crippen LogP contribution in [0.5, 0.6) is 11.5 Å². The van der Waals surface area contributed by atoms with Crippen LogP contribution in [0.3, 0.4) is 0 Å². The predicted octanol–water partition coefficient (Wildman–Crippen LogP) is 4.14. The number of aliphatic imine (C=N–C) groups is 1. The molecule has 1 amide bonds. The Morgan fingerprint density at radius 3 is 2.81 bits per heavy atom. The highest BCUT2D eigenvalue weighted by Gasteiger charge is 2.35. The lowest BCUT2D eigenvalue weighted by Crippen LogP contribution is -2.57. The molecule has 0 bridgehead atoms. The van der Waals surface area contributed by atoms with Crippen molar-refractivity contribution in [2.24, 2.45) is 4.99 Å². The van der Waals surface area contributed by atoms with Gasteiger partial charge in [-0.1, -0.05) is 23.7 Å². The molecule has 1 fully saturated rings. The summed E-state index contributed by atoms with van der Waals surface area (Å²) in [5.74, 6) is 1.45. The number of amides is 1. The van der Waals surface area contributed by atoms with Crippen LogP contribution in [0, 0.1) is 0 Å². The molecule has 4 rings (SSSR count). The van der Waals surface area contributed by atoms with Gasteiger partial charge in [0.05, 0.1) is 24.6 Å². The van der Waals surface area contributed by atoms with Crippen molar-refractivity contribution in [1.82, 2.24) is 9.80 Å². The summed E-state index contributed by atoms with van der Waals surface area (Å²) in [5, 5.41) is 10.1. The number of carbonyl (C=O) groups is 2. The number of amidine groups is 1. The summed E-state index contributed by atoms with van der Waals surface area (Å²) in [4.78, 5) is 31.9. The number of carboxylic acid groups (broad SMARTS) is 1. The standard InChI is InChI=1S/C22H22ClN3O5/c1-2-30-20(27)12-15-13-25(9-10-26(15)22(28)29)21-16-5-3-4-6-18(16)31-19-8-7-14(23)11-17(19)24-21/h3-8,11,15H,2,9-10,12-13H2,1H3,(H,28,29). The predicted molar refractivity (Wildman–Crippen MR) is 116 cm³/mol. The molecule has 2 aliphatic rings. The highest BCUT2D eigenvalue weighted by atomic mass is 35.5. The van der Waals surface area contributed by atoms with Crippen LogP contribution in [0.2, 0.25) is 5.02 Å². The monoisotopic (exact) mass is 443 g/mol. The summed E-state index contributed by atoms with van der Waals surface area (Å²) in [6.07, 6.45) is -1.08. The molecule has 8 nitrogen and oxygen atoms in total. The molecule has 1 N–H and O–H groups in total. The van der Waals surface area contributed by atoms with Crippen molar-refractivity contribution in [2.75, 3.05) is 26.2 Å². The quantitative estimate of drug-likeness (QED) is 0.717. The van der Waals surface area contributed by atoms with E-state index in [1.54, 1.807) is 25.1 Å². The SMILES string of the molecule is CCOC(=O)CC1CN(C2=Nc3cc(Cl)ccc3Oc3ccccc32)CCN1C(=O)O. The minimum atomic E-state index is -1.06. The lowest BCUT2D eigenvalue weighted by molar-refractivity contribution is -0.144. The maximum absolute atomic E-state index is 12.1. The lowest BCUT2D eigenvalue weighted by Gasteiger charge is -2.41. The second-order valence-corrected chi connectivity index (χ2v) is 7.67. The molecule has 0 saturated carbocycles. The Morgan fingerprint density at radius 1 is 1.23 bits per heavy atom. The Morgan fingerprint density at radius 2 is 2.03 bits per heavy atom. The number of rotatable bonds is 3. The molecule has 1 unspecified atom stereocenters. The molecule has 0 aliphatic carbocycles. The minimum Gasteiger partial charge on any atom is -0.466 e. The molecule has 2 heterocycles. The first-order chi connectivity index (χ1) is 15.0. The van der Waals surface area contributed by atoms with E-state index < -0.39 is 18.1 Å². The molecule has 0 aromatic heterocycles. The topological polar surface area (TPSA) is 91.7 Å². The molecular weight excluding hydrogens is 422 g/mol. The van der Waals surface area contributed by atoms with Crippen molar-refractivity contribution < 1.29 is 24.2 Å². The second-order valence-electron chi connectivity index (χ2n) is 7.23. The van der Waals surface area contributed by atoms with E-state index in [-0.39, 0.29) is 19.6 Å². The van der Waals surface area contributed by atoms with Gasteiger partial charge < -0.3 is 24.4 Å². The van der Waals surface area contributed by atoms with Gasteiger partial charge in [0.15, 0.2) is 5.75 Å². The van der Waals surface area contributed by atoms with Crippen molar-refractivity contribution in [3.8, 4) is 11.5 Å². The first kappa shape index (κ1) is 21.0. The Labute approximate surface area is 184 Å². The Hall–Kier alpha value is -3.26. The van der Waals surface area contributed by atoms with E-state index in [0.717, 1.165) is 5.56 Å². The molecule has 0 spiro atoms. The number of halogens is 1. The normalized spacial score (nSPS) is 17.6. The van der Waals surface area contributed by atoms with Gasteiger partial charge in [0.2, 0.25) is 0 Å². The number of hydrogen-bond acceptors (Lipinski definition) is 6. The number of ether oxygens (including phenoxy) is 2. The number of benzene rings is 2. The van der Waals surface area contributed by atoms with Crippen LogP contribution >= 0.6 is 11.6 Å². The van der Waals surface area contributed by atoms with Gasteiger partial charge in [-0.25, -0.2) is 9.79 Å². The smallest absolute Gasteiger partial charge is 0.407 e. The van der Waals surface area contributed by atoms with Crippen molar-refractivity contribution >= 4 is 35.2 Å². The van der Waals surface area contributed by atoms with Crippen LogP contribution in [0.1, 0.15) is 18.9 Å². The van der Waals surface area contributed by atoms with E-state index in [1.165, 1.54) is 4.90 Å². The average molecular weight is 444 g/mol. The fourth-order valence-electron chi connectivity index (χ4n) is 3.82. The molecular formula is C22H22ClN3O5. The maximum atomic E-state index is 12.1. The fraction of sp³-hybridized carbons (Fsp3) is 0.318. The van der Waals surface area contributed by atoms with Crippen molar-refractivity contribution in [2.45, 2.75) is 19.4 Å². The van der Waals surface area contributed by atoms with E-state index in [4.69, 9.17) is 26.1 Å². The zero-order chi connectivity index (χ0) is 22.0. The summed E-state index contributed by atoms with van der Waals surface area (Å²) in [7, 11) is 0. The highest BCUT2D eigenvalue weighted by molar-refractivity contribution is 6.31. The van der Waals surface area contributed by atoms with E-state index in [0.29, 0.717) is 41.1 Å². The minimum absolute atomic E-state index is 0.0233. The summed E-state index contributed by atoms with van der Waals surface area (Å²) < 4.78 is 11.1. The van der Waals surface area contributed by atoms with Gasteiger partial charge in [-0.15, -0.1) is 0 Å². The zero-order valence-corrected chi connectivity index (χ0v) is 17.7. The van der Waals surface area contributed by atoms with Crippen LogP contribution < -0.4 is 4.74 Å². The van der Waals surface area contributed by atoms with Crippen molar-refractivity contribution in [1.29, 1.82) is 0 Å². The van der Waals surface area contributed by atoms with Gasteiger partial charge in [-0.2, -0.15) is 0 Å². The largest absolute Gasteiger partial charge is 0.466 e. The summed E-state index contributed by atoms with van der Waals surface area (Å²) in [6, 6.07) is 12.2. The van der Waals surface area contributed by atoms with E-state index in [1.807, 2.05) is 29.2 Å². The van der Waals surface area contributed by atoms with Gasteiger partial charge in [-0.3, -0.25) is 4.79 Å². The Bertz CT molecular complexity index is 1040. The molecule has 0 radical (unpaired) electrons. The Balaban J connectivity index is 1.71. The number of carbonyl (C=O) groups excluding carboxylic acids is 1. The third kappa shape index (κ3) is 4.44. The number of nitrogens with zero attached hydrogens (tertiary/aromatic N) is 3. The number of esters is 1. The third-order valence-corrected chi connectivity index (χ3v) is 5.47. The van der Waals surface area contributed by atoms with Crippen molar-refractivity contribution in [3.63, 3.8) is 0 Å². The van der Waals surface area contributed by atoms with E-state index in [9.17, 15) is 14.7 Å². The summed E-state index contributed by atoms with van der Waals surface area (Å²) in [5.41, 5.74) is 1.37. The van der Waals surface area contributed by atoms with Crippen LogP contribution in [-0.2, 0) is 9.53 Å². The van der Waals surface area contributed by atoms with Gasteiger partial charge in [0.25, 0.3) is 0 Å². The highest BCUT2D eigenvalue weighted by Crippen LogP contribution is 2.39. The van der Waals surface area contributed by atoms with Crippen LogP contribution in [0.4, 0.5) is 10.5 Å². The van der Waals surface area contributed by atoms with Gasteiger partial charge in [0, 0.05) is 24.7 Å². The molecule has 1 atom stereocenters. The molecule has 1 saturated heterocycles. The lowest BCUT2D eigenvalue weighted by atomic mass is 10.1. The Kier molecular flexibility index (Phi) is 5.99. The first-order valence-corrected chi connectivity index (χ1v) is 10.4. The number of para-hydroxylation sites is 1. The van der Waals surface area contributed by atoms with Gasteiger partial charge in [-0.05, 0) is 37.3 Å². The molecule has 31 heavy (non-hydrogen) atoms. The third-order valence-electron chi connectivity index (χ3n) is 5.23. The van der Waals surface area contributed by atoms with Crippen LogP contribution in [-0.4, -0.2) is 65.1 Å². The van der Waals surface area contributed by atoms with Gasteiger partial charge >= 0.3 is 12.1 Å².